The molecule has 3 aromatic rings. The monoisotopic (exact) mass is 285 g/mol. The largest absolute Gasteiger partial charge is 0.312 e. The second kappa shape index (κ2) is 4.98. The van der Waals surface area contributed by atoms with E-state index in [1.807, 2.05) is 47.9 Å². The molecule has 2 aromatic heterocycles. The first-order chi connectivity index (χ1) is 9.69. The molecule has 0 atom stereocenters. The Bertz CT molecular complexity index is 795. The van der Waals surface area contributed by atoms with Crippen molar-refractivity contribution in [3.05, 3.63) is 53.3 Å². The fraction of sp³-hybridized carbons (Fsp3) is 0.0667. The van der Waals surface area contributed by atoms with Gasteiger partial charge in [-0.2, -0.15) is 0 Å². The number of amides is 1. The van der Waals surface area contributed by atoms with Crippen molar-refractivity contribution in [2.45, 2.75) is 6.92 Å². The standard InChI is InChI=1S/C15H12ClN3O/c1-10-12(3-2-4-13(10)16)11-5-6-15-18-14(17-9-20)8-19(15)7-11/h2-9H,1H3,(H,17,20). The van der Waals surface area contributed by atoms with E-state index in [9.17, 15) is 4.79 Å². The molecule has 3 rings (SSSR count). The highest BCUT2D eigenvalue weighted by molar-refractivity contribution is 6.31. The van der Waals surface area contributed by atoms with Gasteiger partial charge < -0.3 is 9.72 Å². The van der Waals surface area contributed by atoms with Crippen LogP contribution in [0.25, 0.3) is 16.8 Å². The molecule has 1 N–H and O–H groups in total. The molecule has 20 heavy (non-hydrogen) atoms. The number of halogens is 1. The van der Waals surface area contributed by atoms with Crippen LogP contribution in [-0.2, 0) is 4.79 Å². The van der Waals surface area contributed by atoms with Gasteiger partial charge in [0.25, 0.3) is 0 Å². The predicted molar refractivity (Wildman–Crippen MR) is 80.1 cm³/mol. The van der Waals surface area contributed by atoms with Gasteiger partial charge in [-0.25, -0.2) is 4.98 Å². The average Bonchev–Trinajstić information content (AvgIpc) is 2.83. The molecule has 0 bridgehead atoms. The van der Waals surface area contributed by atoms with Crippen molar-refractivity contribution in [3.63, 3.8) is 0 Å². The number of rotatable bonds is 3. The maximum atomic E-state index is 10.4. The van der Waals surface area contributed by atoms with Crippen LogP contribution in [0.15, 0.2) is 42.7 Å². The number of nitrogens with one attached hydrogen (secondary N) is 1. The molecule has 0 spiro atoms. The molecule has 0 radical (unpaired) electrons. The molecule has 0 aliphatic rings. The van der Waals surface area contributed by atoms with Crippen LogP contribution >= 0.6 is 11.6 Å². The maximum Gasteiger partial charge on any atom is 0.212 e. The number of carbonyl (C=O) groups is 1. The molecular formula is C15H12ClN3O. The highest BCUT2D eigenvalue weighted by Crippen LogP contribution is 2.28. The first-order valence-corrected chi connectivity index (χ1v) is 6.51. The number of aromatic nitrogens is 2. The van der Waals surface area contributed by atoms with Gasteiger partial charge in [-0.1, -0.05) is 23.7 Å². The molecule has 5 heteroatoms. The van der Waals surface area contributed by atoms with Crippen LogP contribution in [0.1, 0.15) is 5.56 Å². The molecular weight excluding hydrogens is 274 g/mol. The number of imidazole rings is 1. The van der Waals surface area contributed by atoms with Crippen molar-refractivity contribution >= 4 is 29.5 Å². The van der Waals surface area contributed by atoms with E-state index in [0.717, 1.165) is 27.4 Å². The van der Waals surface area contributed by atoms with E-state index < -0.39 is 0 Å². The summed E-state index contributed by atoms with van der Waals surface area (Å²) in [7, 11) is 0. The van der Waals surface area contributed by atoms with Crippen LogP contribution in [0, 0.1) is 6.92 Å². The van der Waals surface area contributed by atoms with Crippen molar-refractivity contribution in [1.82, 2.24) is 9.38 Å². The molecule has 0 unspecified atom stereocenters. The highest BCUT2D eigenvalue weighted by Gasteiger charge is 2.07. The SMILES string of the molecule is Cc1c(Cl)cccc1-c1ccc2nc(NC=O)cn2c1. The Morgan fingerprint density at radius 2 is 2.10 bits per heavy atom. The van der Waals surface area contributed by atoms with E-state index in [1.54, 1.807) is 6.20 Å². The van der Waals surface area contributed by atoms with E-state index in [1.165, 1.54) is 0 Å². The van der Waals surface area contributed by atoms with Crippen molar-refractivity contribution in [1.29, 1.82) is 0 Å². The smallest absolute Gasteiger partial charge is 0.212 e. The van der Waals surface area contributed by atoms with Crippen LogP contribution in [0.2, 0.25) is 5.02 Å². The minimum atomic E-state index is 0.528. The number of fused-ring (bicyclic) bond motifs is 1. The van der Waals surface area contributed by atoms with Gasteiger partial charge in [0.2, 0.25) is 6.41 Å². The second-order valence-corrected chi connectivity index (χ2v) is 4.89. The first-order valence-electron chi connectivity index (χ1n) is 6.13. The number of benzene rings is 1. The van der Waals surface area contributed by atoms with E-state index in [0.29, 0.717) is 12.2 Å². The van der Waals surface area contributed by atoms with E-state index >= 15 is 0 Å². The Balaban J connectivity index is 2.12. The van der Waals surface area contributed by atoms with E-state index in [2.05, 4.69) is 10.3 Å². The summed E-state index contributed by atoms with van der Waals surface area (Å²) in [5.41, 5.74) is 3.95. The Hall–Kier alpha value is -2.33. The quantitative estimate of drug-likeness (QED) is 0.748. The Morgan fingerprint density at radius 3 is 2.90 bits per heavy atom. The van der Waals surface area contributed by atoms with Crippen LogP contribution in [0.5, 0.6) is 0 Å². The number of pyridine rings is 1. The zero-order chi connectivity index (χ0) is 14.1. The molecule has 2 heterocycles. The summed E-state index contributed by atoms with van der Waals surface area (Å²) in [6.07, 6.45) is 4.36. The third-order valence-corrected chi connectivity index (χ3v) is 3.65. The lowest BCUT2D eigenvalue weighted by Crippen LogP contribution is -1.92. The minimum Gasteiger partial charge on any atom is -0.312 e. The van der Waals surface area contributed by atoms with Crippen molar-refractivity contribution in [2.75, 3.05) is 5.32 Å². The third kappa shape index (κ3) is 2.14. The van der Waals surface area contributed by atoms with Gasteiger partial charge in [0.05, 0.1) is 6.20 Å². The Labute approximate surface area is 121 Å². The van der Waals surface area contributed by atoms with Gasteiger partial charge in [0.15, 0.2) is 5.82 Å². The lowest BCUT2D eigenvalue weighted by molar-refractivity contribution is -0.105. The zero-order valence-electron chi connectivity index (χ0n) is 10.8. The maximum absolute atomic E-state index is 10.4. The fourth-order valence-electron chi connectivity index (χ4n) is 2.20. The summed E-state index contributed by atoms with van der Waals surface area (Å²) >= 11 is 6.16. The number of carbonyl (C=O) groups excluding carboxylic acids is 1. The normalized spacial score (nSPS) is 10.7. The topological polar surface area (TPSA) is 46.4 Å². The highest BCUT2D eigenvalue weighted by atomic mass is 35.5. The molecule has 0 saturated carbocycles. The Morgan fingerprint density at radius 1 is 1.25 bits per heavy atom. The zero-order valence-corrected chi connectivity index (χ0v) is 11.6. The van der Waals surface area contributed by atoms with Crippen molar-refractivity contribution in [3.8, 4) is 11.1 Å². The molecule has 0 saturated heterocycles. The van der Waals surface area contributed by atoms with Gasteiger partial charge in [0.1, 0.15) is 5.65 Å². The molecule has 0 aliphatic heterocycles. The van der Waals surface area contributed by atoms with Crippen molar-refractivity contribution < 1.29 is 4.79 Å². The third-order valence-electron chi connectivity index (χ3n) is 3.24. The fourth-order valence-corrected chi connectivity index (χ4v) is 2.38. The number of hydrogen-bond acceptors (Lipinski definition) is 2. The molecule has 1 amide bonds. The minimum absolute atomic E-state index is 0.528. The van der Waals surface area contributed by atoms with Gasteiger partial charge in [-0.05, 0) is 41.8 Å². The number of nitrogens with zero attached hydrogens (tertiary/aromatic N) is 2. The summed E-state index contributed by atoms with van der Waals surface area (Å²) < 4.78 is 1.88. The van der Waals surface area contributed by atoms with Gasteiger partial charge in [-0.3, -0.25) is 4.79 Å². The predicted octanol–water partition coefficient (Wildman–Crippen LogP) is 3.53. The average molecular weight is 286 g/mol. The van der Waals surface area contributed by atoms with Crippen LogP contribution < -0.4 is 5.32 Å². The second-order valence-electron chi connectivity index (χ2n) is 4.48. The van der Waals surface area contributed by atoms with Gasteiger partial charge in [0, 0.05) is 11.2 Å². The van der Waals surface area contributed by atoms with E-state index in [4.69, 9.17) is 11.6 Å². The Kier molecular flexibility index (Phi) is 3.16. The molecule has 0 aliphatic carbocycles. The molecule has 1 aromatic carbocycles. The number of hydrogen-bond donors (Lipinski definition) is 1. The molecule has 4 nitrogen and oxygen atoms in total. The lowest BCUT2D eigenvalue weighted by atomic mass is 10.0. The molecule has 0 fully saturated rings. The summed E-state index contributed by atoms with van der Waals surface area (Å²) in [6, 6.07) is 9.74. The van der Waals surface area contributed by atoms with Crippen LogP contribution in [0.3, 0.4) is 0 Å². The van der Waals surface area contributed by atoms with Gasteiger partial charge >= 0.3 is 0 Å². The van der Waals surface area contributed by atoms with Crippen molar-refractivity contribution in [2.24, 2.45) is 0 Å². The lowest BCUT2D eigenvalue weighted by Gasteiger charge is -2.08. The van der Waals surface area contributed by atoms with Crippen LogP contribution in [-0.4, -0.2) is 15.8 Å². The number of anilines is 1. The van der Waals surface area contributed by atoms with Crippen LogP contribution in [0.4, 0.5) is 5.82 Å². The summed E-state index contributed by atoms with van der Waals surface area (Å²) in [5, 5.41) is 3.29. The summed E-state index contributed by atoms with van der Waals surface area (Å²) in [5.74, 6) is 0.528. The van der Waals surface area contributed by atoms with Gasteiger partial charge in [-0.15, -0.1) is 0 Å². The first kappa shape index (κ1) is 12.7. The summed E-state index contributed by atoms with van der Waals surface area (Å²) in [6.45, 7) is 2.00. The molecule has 100 valence electrons. The summed E-state index contributed by atoms with van der Waals surface area (Å²) in [4.78, 5) is 14.7. The van der Waals surface area contributed by atoms with E-state index in [-0.39, 0.29) is 0 Å².